The number of aryl methyl sites for hydroxylation is 1. The number of hydrogen-bond donors (Lipinski definition) is 1. The van der Waals surface area contributed by atoms with Crippen LogP contribution in [0.5, 0.6) is 0 Å². The Balaban J connectivity index is 1.68. The molecule has 0 saturated heterocycles. The van der Waals surface area contributed by atoms with Gasteiger partial charge in [0.25, 0.3) is 0 Å². The van der Waals surface area contributed by atoms with Crippen LogP contribution in [0, 0.1) is 11.3 Å². The SMILES string of the molecule is COCc1nc2n(n1)CCCC2Nc1cc(C#N)c2cc(Cl)ccc2n1. The van der Waals surface area contributed by atoms with Gasteiger partial charge in [-0.3, -0.25) is 0 Å². The number of rotatable bonds is 4. The van der Waals surface area contributed by atoms with Crippen molar-refractivity contribution in [1.29, 1.82) is 5.26 Å². The Bertz CT molecular complexity index is 1010. The second-order valence-corrected chi connectivity index (χ2v) is 6.65. The maximum atomic E-state index is 9.49. The molecule has 7 nitrogen and oxygen atoms in total. The Kier molecular flexibility index (Phi) is 4.45. The summed E-state index contributed by atoms with van der Waals surface area (Å²) in [6, 6.07) is 9.33. The minimum atomic E-state index is -0.00866. The molecule has 0 aliphatic carbocycles. The number of aromatic nitrogens is 4. The number of halogens is 1. The highest BCUT2D eigenvalue weighted by atomic mass is 35.5. The van der Waals surface area contributed by atoms with Crippen molar-refractivity contribution in [3.05, 3.63) is 46.5 Å². The Morgan fingerprint density at radius 3 is 3.08 bits per heavy atom. The van der Waals surface area contributed by atoms with Gasteiger partial charge in [-0.2, -0.15) is 10.4 Å². The highest BCUT2D eigenvalue weighted by molar-refractivity contribution is 6.31. The molecule has 1 unspecified atom stereocenters. The largest absolute Gasteiger partial charge is 0.377 e. The van der Waals surface area contributed by atoms with Gasteiger partial charge in [0.15, 0.2) is 5.82 Å². The van der Waals surface area contributed by atoms with Crippen LogP contribution in [0.15, 0.2) is 24.3 Å². The zero-order valence-corrected chi connectivity index (χ0v) is 15.0. The van der Waals surface area contributed by atoms with E-state index in [1.165, 1.54) is 0 Å². The normalized spacial score (nSPS) is 16.3. The topological polar surface area (TPSA) is 88.6 Å². The minimum absolute atomic E-state index is 0.00866. The molecule has 3 aromatic rings. The zero-order chi connectivity index (χ0) is 18.1. The Labute approximate surface area is 155 Å². The third kappa shape index (κ3) is 3.09. The highest BCUT2D eigenvalue weighted by Crippen LogP contribution is 2.29. The molecule has 0 spiro atoms. The zero-order valence-electron chi connectivity index (χ0n) is 14.2. The molecule has 1 atom stereocenters. The molecule has 1 aliphatic heterocycles. The summed E-state index contributed by atoms with van der Waals surface area (Å²) >= 11 is 6.05. The summed E-state index contributed by atoms with van der Waals surface area (Å²) in [5.41, 5.74) is 1.27. The summed E-state index contributed by atoms with van der Waals surface area (Å²) in [6.45, 7) is 1.23. The van der Waals surface area contributed by atoms with Crippen LogP contribution in [-0.4, -0.2) is 26.9 Å². The molecule has 2 aromatic heterocycles. The lowest BCUT2D eigenvalue weighted by Crippen LogP contribution is -2.23. The van der Waals surface area contributed by atoms with Gasteiger partial charge in [0.2, 0.25) is 0 Å². The summed E-state index contributed by atoms with van der Waals surface area (Å²) < 4.78 is 7.05. The highest BCUT2D eigenvalue weighted by Gasteiger charge is 2.25. The van der Waals surface area contributed by atoms with Gasteiger partial charge in [-0.25, -0.2) is 14.6 Å². The maximum Gasteiger partial charge on any atom is 0.176 e. The lowest BCUT2D eigenvalue weighted by Gasteiger charge is -2.23. The standard InChI is InChI=1S/C18H17ClN6O/c1-26-10-17-23-18-15(3-2-6-25(18)24-17)22-16-7-11(9-20)13-8-12(19)4-5-14(13)21-16/h4-5,7-8,15H,2-3,6,10H2,1H3,(H,21,22). The van der Waals surface area contributed by atoms with Crippen LogP contribution in [0.4, 0.5) is 5.82 Å². The van der Waals surface area contributed by atoms with E-state index < -0.39 is 0 Å². The van der Waals surface area contributed by atoms with Gasteiger partial charge in [-0.15, -0.1) is 0 Å². The van der Waals surface area contributed by atoms with Crippen LogP contribution < -0.4 is 5.32 Å². The van der Waals surface area contributed by atoms with Crippen molar-refractivity contribution in [2.24, 2.45) is 0 Å². The first kappa shape index (κ1) is 16.8. The Hall–Kier alpha value is -2.69. The molecule has 0 amide bonds. The van der Waals surface area contributed by atoms with E-state index in [0.29, 0.717) is 28.8 Å². The van der Waals surface area contributed by atoms with Crippen LogP contribution in [0.2, 0.25) is 5.02 Å². The number of nitriles is 1. The van der Waals surface area contributed by atoms with E-state index in [1.54, 1.807) is 25.3 Å². The Morgan fingerprint density at radius 2 is 2.27 bits per heavy atom. The number of benzene rings is 1. The molecule has 26 heavy (non-hydrogen) atoms. The van der Waals surface area contributed by atoms with Crippen molar-refractivity contribution >= 4 is 28.3 Å². The average molecular weight is 369 g/mol. The number of nitrogens with one attached hydrogen (secondary N) is 1. The molecule has 1 N–H and O–H groups in total. The summed E-state index contributed by atoms with van der Waals surface area (Å²) in [7, 11) is 1.63. The molecule has 1 aliphatic rings. The molecule has 8 heteroatoms. The third-order valence-corrected chi connectivity index (χ3v) is 4.64. The summed E-state index contributed by atoms with van der Waals surface area (Å²) in [4.78, 5) is 9.22. The molecule has 4 rings (SSSR count). The monoisotopic (exact) mass is 368 g/mol. The van der Waals surface area contributed by atoms with Crippen molar-refractivity contribution in [1.82, 2.24) is 19.7 Å². The van der Waals surface area contributed by atoms with Crippen LogP contribution in [0.25, 0.3) is 10.9 Å². The van der Waals surface area contributed by atoms with Crippen molar-refractivity contribution in [3.63, 3.8) is 0 Å². The van der Waals surface area contributed by atoms with Crippen molar-refractivity contribution in [2.45, 2.75) is 32.0 Å². The van der Waals surface area contributed by atoms with E-state index in [-0.39, 0.29) is 6.04 Å². The molecule has 0 bridgehead atoms. The quantitative estimate of drug-likeness (QED) is 0.758. The van der Waals surface area contributed by atoms with E-state index in [0.717, 1.165) is 36.1 Å². The van der Waals surface area contributed by atoms with Crippen molar-refractivity contribution in [2.75, 3.05) is 12.4 Å². The van der Waals surface area contributed by atoms with E-state index in [2.05, 4.69) is 26.5 Å². The van der Waals surface area contributed by atoms with Gasteiger partial charge in [0, 0.05) is 24.1 Å². The molecule has 0 saturated carbocycles. The fraction of sp³-hybridized carbons (Fsp3) is 0.333. The number of nitrogens with zero attached hydrogens (tertiary/aromatic N) is 5. The average Bonchev–Trinajstić information content (AvgIpc) is 3.05. The van der Waals surface area contributed by atoms with Crippen LogP contribution >= 0.6 is 11.6 Å². The molecule has 1 aromatic carbocycles. The predicted molar refractivity (Wildman–Crippen MR) is 97.8 cm³/mol. The molecular formula is C18H17ClN6O. The molecule has 0 radical (unpaired) electrons. The predicted octanol–water partition coefficient (Wildman–Crippen LogP) is 3.44. The minimum Gasteiger partial charge on any atom is -0.377 e. The lowest BCUT2D eigenvalue weighted by molar-refractivity contribution is 0.177. The maximum absolute atomic E-state index is 9.49. The first-order valence-corrected chi connectivity index (χ1v) is 8.75. The van der Waals surface area contributed by atoms with Gasteiger partial charge >= 0.3 is 0 Å². The number of fused-ring (bicyclic) bond motifs is 2. The van der Waals surface area contributed by atoms with Crippen LogP contribution in [0.3, 0.4) is 0 Å². The third-order valence-electron chi connectivity index (χ3n) is 4.41. The lowest BCUT2D eigenvalue weighted by atomic mass is 10.1. The van der Waals surface area contributed by atoms with E-state index in [1.807, 2.05) is 10.7 Å². The van der Waals surface area contributed by atoms with E-state index in [4.69, 9.17) is 16.3 Å². The van der Waals surface area contributed by atoms with Gasteiger partial charge in [0.1, 0.15) is 18.2 Å². The van der Waals surface area contributed by atoms with Gasteiger partial charge in [0.05, 0.1) is 23.2 Å². The second-order valence-electron chi connectivity index (χ2n) is 6.21. The van der Waals surface area contributed by atoms with Crippen molar-refractivity contribution < 1.29 is 4.74 Å². The number of hydrogen-bond acceptors (Lipinski definition) is 6. The first-order valence-electron chi connectivity index (χ1n) is 8.37. The van der Waals surface area contributed by atoms with Gasteiger partial charge in [-0.05, 0) is 37.1 Å². The summed E-state index contributed by atoms with van der Waals surface area (Å²) in [5, 5.41) is 18.7. The number of ether oxygens (including phenoxy) is 1. The first-order chi connectivity index (χ1) is 12.7. The van der Waals surface area contributed by atoms with Gasteiger partial charge < -0.3 is 10.1 Å². The van der Waals surface area contributed by atoms with Crippen LogP contribution in [0.1, 0.15) is 36.1 Å². The smallest absolute Gasteiger partial charge is 0.176 e. The molecule has 3 heterocycles. The van der Waals surface area contributed by atoms with Crippen LogP contribution in [-0.2, 0) is 17.9 Å². The number of anilines is 1. The molecule has 0 fully saturated rings. The Morgan fingerprint density at radius 1 is 1.38 bits per heavy atom. The van der Waals surface area contributed by atoms with E-state index in [9.17, 15) is 5.26 Å². The fourth-order valence-electron chi connectivity index (χ4n) is 3.27. The molecular weight excluding hydrogens is 352 g/mol. The fourth-order valence-corrected chi connectivity index (χ4v) is 3.44. The summed E-state index contributed by atoms with van der Waals surface area (Å²) in [6.07, 6.45) is 1.92. The number of methoxy groups -OCH3 is 1. The summed E-state index contributed by atoms with van der Waals surface area (Å²) in [5.74, 6) is 2.20. The number of pyridine rings is 1. The second kappa shape index (κ2) is 6.90. The van der Waals surface area contributed by atoms with Gasteiger partial charge in [-0.1, -0.05) is 11.6 Å². The van der Waals surface area contributed by atoms with Crippen molar-refractivity contribution in [3.8, 4) is 6.07 Å². The van der Waals surface area contributed by atoms with E-state index >= 15 is 0 Å². The molecule has 132 valence electrons.